The number of nitrogens with zero attached hydrogens (tertiary/aromatic N) is 1. The Morgan fingerprint density at radius 1 is 1.12 bits per heavy atom. The summed E-state index contributed by atoms with van der Waals surface area (Å²) in [4.78, 5) is 5.72. The molecule has 0 saturated heterocycles. The number of halogens is 1. The third kappa shape index (κ3) is 6.89. The van der Waals surface area contributed by atoms with Crippen LogP contribution in [0, 0.1) is 0 Å². The zero-order valence-corrected chi connectivity index (χ0v) is 19.2. The molecule has 0 bridgehead atoms. The molecule has 4 nitrogen and oxygen atoms in total. The largest absolute Gasteiger partial charge is 0.377 e. The predicted octanol–water partition coefficient (Wildman–Crippen LogP) is 4.55. The molecular formula is C20H30IN3OS. The highest BCUT2D eigenvalue weighted by Gasteiger charge is 2.21. The number of hydrogen-bond acceptors (Lipinski definition) is 3. The molecule has 0 amide bonds. The quantitative estimate of drug-likeness (QED) is 0.327. The fourth-order valence-electron chi connectivity index (χ4n) is 2.54. The van der Waals surface area contributed by atoms with Crippen molar-refractivity contribution in [2.45, 2.75) is 39.3 Å². The SMILES string of the molecule is CCOCc1ccccc1CNC(=NC)NCC(C)(C)c1cccs1.I. The third-order valence-corrected chi connectivity index (χ3v) is 5.37. The van der Waals surface area contributed by atoms with Crippen molar-refractivity contribution in [2.75, 3.05) is 20.2 Å². The van der Waals surface area contributed by atoms with Crippen molar-refractivity contribution in [1.29, 1.82) is 0 Å². The van der Waals surface area contributed by atoms with Crippen LogP contribution in [-0.4, -0.2) is 26.2 Å². The molecule has 0 aliphatic carbocycles. The molecule has 0 radical (unpaired) electrons. The fraction of sp³-hybridized carbons (Fsp3) is 0.450. The van der Waals surface area contributed by atoms with E-state index in [4.69, 9.17) is 4.74 Å². The molecule has 144 valence electrons. The minimum atomic E-state index is 0. The monoisotopic (exact) mass is 487 g/mol. The number of guanidine groups is 1. The van der Waals surface area contributed by atoms with Crippen LogP contribution in [-0.2, 0) is 23.3 Å². The van der Waals surface area contributed by atoms with E-state index in [1.54, 1.807) is 18.4 Å². The summed E-state index contributed by atoms with van der Waals surface area (Å²) in [5.41, 5.74) is 2.51. The lowest BCUT2D eigenvalue weighted by Gasteiger charge is -2.25. The Morgan fingerprint density at radius 2 is 1.85 bits per heavy atom. The number of aliphatic imine (C=N–C) groups is 1. The zero-order chi connectivity index (χ0) is 18.1. The van der Waals surface area contributed by atoms with Crippen LogP contribution in [0.25, 0.3) is 0 Å². The Balaban J connectivity index is 0.00000338. The second-order valence-corrected chi connectivity index (χ2v) is 7.49. The summed E-state index contributed by atoms with van der Waals surface area (Å²) in [5.74, 6) is 0.816. The van der Waals surface area contributed by atoms with Crippen molar-refractivity contribution in [3.05, 3.63) is 57.8 Å². The van der Waals surface area contributed by atoms with Crippen LogP contribution in [0.5, 0.6) is 0 Å². The lowest BCUT2D eigenvalue weighted by atomic mass is 9.91. The molecule has 6 heteroatoms. The van der Waals surface area contributed by atoms with E-state index in [0.717, 1.165) is 25.7 Å². The highest BCUT2D eigenvalue weighted by atomic mass is 127. The first kappa shape index (κ1) is 22.9. The van der Waals surface area contributed by atoms with Crippen molar-refractivity contribution in [3.8, 4) is 0 Å². The Labute approximate surface area is 178 Å². The summed E-state index contributed by atoms with van der Waals surface area (Å²) in [6.07, 6.45) is 0. The predicted molar refractivity (Wildman–Crippen MR) is 123 cm³/mol. The lowest BCUT2D eigenvalue weighted by molar-refractivity contribution is 0.133. The first-order chi connectivity index (χ1) is 12.1. The van der Waals surface area contributed by atoms with Crippen molar-refractivity contribution in [3.63, 3.8) is 0 Å². The van der Waals surface area contributed by atoms with Gasteiger partial charge in [-0.25, -0.2) is 0 Å². The van der Waals surface area contributed by atoms with Crippen LogP contribution in [0.4, 0.5) is 0 Å². The molecular weight excluding hydrogens is 457 g/mol. The molecule has 0 aliphatic rings. The van der Waals surface area contributed by atoms with E-state index in [2.05, 4.69) is 71.3 Å². The van der Waals surface area contributed by atoms with Gasteiger partial charge in [-0.2, -0.15) is 0 Å². The van der Waals surface area contributed by atoms with Gasteiger partial charge >= 0.3 is 0 Å². The van der Waals surface area contributed by atoms with Gasteiger partial charge in [-0.15, -0.1) is 35.3 Å². The van der Waals surface area contributed by atoms with Gasteiger partial charge in [0.1, 0.15) is 0 Å². The number of rotatable bonds is 8. The molecule has 0 spiro atoms. The first-order valence-corrected chi connectivity index (χ1v) is 9.58. The van der Waals surface area contributed by atoms with Crippen LogP contribution in [0.15, 0.2) is 46.8 Å². The molecule has 1 aromatic heterocycles. The number of hydrogen-bond donors (Lipinski definition) is 2. The van der Waals surface area contributed by atoms with Crippen LogP contribution < -0.4 is 10.6 Å². The lowest BCUT2D eigenvalue weighted by Crippen LogP contribution is -2.43. The Morgan fingerprint density at radius 3 is 2.46 bits per heavy atom. The number of benzene rings is 1. The molecule has 0 fully saturated rings. The summed E-state index contributed by atoms with van der Waals surface area (Å²) in [7, 11) is 1.81. The molecule has 0 aliphatic heterocycles. The molecule has 26 heavy (non-hydrogen) atoms. The maximum Gasteiger partial charge on any atom is 0.191 e. The third-order valence-electron chi connectivity index (χ3n) is 4.14. The highest BCUT2D eigenvalue weighted by Crippen LogP contribution is 2.26. The van der Waals surface area contributed by atoms with E-state index < -0.39 is 0 Å². The van der Waals surface area contributed by atoms with E-state index in [0.29, 0.717) is 6.61 Å². The maximum absolute atomic E-state index is 5.55. The topological polar surface area (TPSA) is 45.6 Å². The molecule has 0 atom stereocenters. The van der Waals surface area contributed by atoms with Crippen molar-refractivity contribution in [2.24, 2.45) is 4.99 Å². The average molecular weight is 487 g/mol. The normalized spacial score (nSPS) is 11.8. The van der Waals surface area contributed by atoms with Crippen molar-refractivity contribution < 1.29 is 4.74 Å². The van der Waals surface area contributed by atoms with E-state index >= 15 is 0 Å². The number of thiophene rings is 1. The van der Waals surface area contributed by atoms with Crippen molar-refractivity contribution in [1.82, 2.24) is 10.6 Å². The smallest absolute Gasteiger partial charge is 0.191 e. The van der Waals surface area contributed by atoms with E-state index in [1.165, 1.54) is 16.0 Å². The van der Waals surface area contributed by atoms with Gasteiger partial charge in [-0.3, -0.25) is 4.99 Å². The van der Waals surface area contributed by atoms with E-state index in [9.17, 15) is 0 Å². The standard InChI is InChI=1S/C20H29N3OS.HI/c1-5-24-14-17-10-7-6-9-16(17)13-22-19(21-4)23-15-20(2,3)18-11-8-12-25-18;/h6-12H,5,13-15H2,1-4H3,(H2,21,22,23);1H. The fourth-order valence-corrected chi connectivity index (χ4v) is 3.39. The summed E-state index contributed by atoms with van der Waals surface area (Å²) < 4.78 is 5.55. The number of nitrogens with one attached hydrogen (secondary N) is 2. The summed E-state index contributed by atoms with van der Waals surface area (Å²) in [5, 5.41) is 8.98. The minimum absolute atomic E-state index is 0. The van der Waals surface area contributed by atoms with Gasteiger partial charge in [0, 0.05) is 37.0 Å². The van der Waals surface area contributed by atoms with E-state index in [1.807, 2.05) is 6.92 Å². The molecule has 0 unspecified atom stereocenters. The number of ether oxygens (including phenoxy) is 1. The zero-order valence-electron chi connectivity index (χ0n) is 16.0. The van der Waals surface area contributed by atoms with Crippen LogP contribution in [0.1, 0.15) is 36.8 Å². The first-order valence-electron chi connectivity index (χ1n) is 8.70. The molecule has 0 saturated carbocycles. The second-order valence-electron chi connectivity index (χ2n) is 6.55. The van der Waals surface area contributed by atoms with Gasteiger partial charge in [0.05, 0.1) is 6.61 Å². The molecule has 2 aromatic rings. The minimum Gasteiger partial charge on any atom is -0.377 e. The van der Waals surface area contributed by atoms with Gasteiger partial charge in [0.25, 0.3) is 0 Å². The second kappa shape index (κ2) is 11.6. The Bertz CT molecular complexity index is 671. The van der Waals surface area contributed by atoms with Gasteiger partial charge in [0.15, 0.2) is 5.96 Å². The Kier molecular flexibility index (Phi) is 10.2. The summed E-state index contributed by atoms with van der Waals surface area (Å²) in [6, 6.07) is 12.6. The molecule has 1 heterocycles. The maximum atomic E-state index is 5.55. The van der Waals surface area contributed by atoms with Crippen LogP contribution >= 0.6 is 35.3 Å². The van der Waals surface area contributed by atoms with Gasteiger partial charge < -0.3 is 15.4 Å². The molecule has 1 aromatic carbocycles. The van der Waals surface area contributed by atoms with Crippen LogP contribution in [0.3, 0.4) is 0 Å². The summed E-state index contributed by atoms with van der Waals surface area (Å²) in [6.45, 7) is 9.43. The average Bonchev–Trinajstić information content (AvgIpc) is 3.16. The molecule has 2 N–H and O–H groups in total. The molecule has 2 rings (SSSR count). The van der Waals surface area contributed by atoms with Crippen molar-refractivity contribution >= 4 is 41.3 Å². The van der Waals surface area contributed by atoms with E-state index in [-0.39, 0.29) is 29.4 Å². The Hall–Kier alpha value is -1.12. The highest BCUT2D eigenvalue weighted by molar-refractivity contribution is 14.0. The van der Waals surface area contributed by atoms with Crippen LogP contribution in [0.2, 0.25) is 0 Å². The van der Waals surface area contributed by atoms with Gasteiger partial charge in [-0.1, -0.05) is 44.2 Å². The van der Waals surface area contributed by atoms with Gasteiger partial charge in [-0.05, 0) is 29.5 Å². The summed E-state index contributed by atoms with van der Waals surface area (Å²) >= 11 is 1.79. The van der Waals surface area contributed by atoms with Gasteiger partial charge in [0.2, 0.25) is 0 Å².